The molecule has 0 spiro atoms. The fraction of sp³-hybridized carbons (Fsp3) is 0.118. The number of hydrogen-bond donors (Lipinski definition) is 1. The summed E-state index contributed by atoms with van der Waals surface area (Å²) in [5.41, 5.74) is 3.89. The van der Waals surface area contributed by atoms with E-state index in [4.69, 9.17) is 4.42 Å². The van der Waals surface area contributed by atoms with Crippen LogP contribution in [0.3, 0.4) is 0 Å². The Morgan fingerprint density at radius 2 is 2.10 bits per heavy atom. The number of hydrogen-bond acceptors (Lipinski definition) is 3. The van der Waals surface area contributed by atoms with E-state index in [0.717, 1.165) is 27.1 Å². The van der Waals surface area contributed by atoms with E-state index in [-0.39, 0.29) is 5.91 Å². The van der Waals surface area contributed by atoms with Crippen molar-refractivity contribution >= 4 is 17.2 Å². The third kappa shape index (κ3) is 3.06. The Morgan fingerprint density at radius 3 is 2.86 bits per heavy atom. The average molecular weight is 297 g/mol. The highest BCUT2D eigenvalue weighted by Crippen LogP contribution is 2.25. The van der Waals surface area contributed by atoms with Crippen molar-refractivity contribution in [3.05, 3.63) is 70.3 Å². The molecule has 3 aromatic rings. The molecule has 0 unspecified atom stereocenters. The van der Waals surface area contributed by atoms with Crippen LogP contribution in [0.2, 0.25) is 0 Å². The second kappa shape index (κ2) is 5.97. The van der Waals surface area contributed by atoms with E-state index < -0.39 is 0 Å². The van der Waals surface area contributed by atoms with Crippen molar-refractivity contribution < 1.29 is 9.21 Å². The summed E-state index contributed by atoms with van der Waals surface area (Å²) in [6.45, 7) is 2.48. The predicted molar refractivity (Wildman–Crippen MR) is 84.4 cm³/mol. The molecular weight excluding hydrogens is 282 g/mol. The van der Waals surface area contributed by atoms with Crippen LogP contribution in [0.4, 0.5) is 0 Å². The number of thiophene rings is 1. The minimum absolute atomic E-state index is 0.0358. The molecule has 0 saturated carbocycles. The number of rotatable bonds is 4. The summed E-state index contributed by atoms with van der Waals surface area (Å²) in [6.07, 6.45) is 3.38. The van der Waals surface area contributed by atoms with Crippen molar-refractivity contribution in [2.75, 3.05) is 0 Å². The molecule has 0 aliphatic heterocycles. The van der Waals surface area contributed by atoms with Crippen LogP contribution in [0.5, 0.6) is 0 Å². The molecule has 21 heavy (non-hydrogen) atoms. The molecule has 0 aliphatic rings. The number of benzene rings is 1. The molecule has 1 aromatic carbocycles. The maximum atomic E-state index is 12.2. The molecule has 0 fully saturated rings. The monoisotopic (exact) mass is 297 g/mol. The molecule has 1 amide bonds. The highest BCUT2D eigenvalue weighted by Gasteiger charge is 2.09. The lowest BCUT2D eigenvalue weighted by Crippen LogP contribution is -2.23. The third-order valence-corrected chi connectivity index (χ3v) is 4.26. The van der Waals surface area contributed by atoms with E-state index in [9.17, 15) is 4.79 Å². The predicted octanol–water partition coefficient (Wildman–Crippen LogP) is 4.25. The van der Waals surface area contributed by atoms with Crippen molar-refractivity contribution in [2.45, 2.75) is 13.5 Å². The zero-order valence-corrected chi connectivity index (χ0v) is 12.4. The van der Waals surface area contributed by atoms with Gasteiger partial charge in [0.15, 0.2) is 0 Å². The van der Waals surface area contributed by atoms with Gasteiger partial charge in [-0.25, -0.2) is 0 Å². The van der Waals surface area contributed by atoms with Gasteiger partial charge in [0.1, 0.15) is 0 Å². The molecule has 0 bridgehead atoms. The van der Waals surface area contributed by atoms with Gasteiger partial charge >= 0.3 is 0 Å². The van der Waals surface area contributed by atoms with Crippen LogP contribution in [0, 0.1) is 6.92 Å². The largest absolute Gasteiger partial charge is 0.472 e. The van der Waals surface area contributed by atoms with Crippen LogP contribution in [0.25, 0.3) is 11.1 Å². The average Bonchev–Trinajstić information content (AvgIpc) is 3.16. The van der Waals surface area contributed by atoms with Gasteiger partial charge in [-0.05, 0) is 41.6 Å². The molecule has 0 atom stereocenters. The molecule has 3 nitrogen and oxygen atoms in total. The van der Waals surface area contributed by atoms with E-state index in [1.54, 1.807) is 23.9 Å². The van der Waals surface area contributed by atoms with Gasteiger partial charge in [-0.15, -0.1) is 11.3 Å². The Hall–Kier alpha value is -2.33. The Labute approximate surface area is 127 Å². The Bertz CT molecular complexity index is 744. The maximum Gasteiger partial charge on any atom is 0.251 e. The molecule has 2 heterocycles. The highest BCUT2D eigenvalue weighted by molar-refractivity contribution is 7.10. The van der Waals surface area contributed by atoms with Crippen LogP contribution in [-0.2, 0) is 6.54 Å². The Kier molecular flexibility index (Phi) is 3.88. The van der Waals surface area contributed by atoms with Crippen molar-refractivity contribution in [3.8, 4) is 11.1 Å². The van der Waals surface area contributed by atoms with Crippen LogP contribution in [0.1, 0.15) is 20.8 Å². The summed E-state index contributed by atoms with van der Waals surface area (Å²) in [4.78, 5) is 13.3. The minimum Gasteiger partial charge on any atom is -0.472 e. The molecule has 2 aromatic heterocycles. The van der Waals surface area contributed by atoms with E-state index in [1.165, 1.54) is 0 Å². The smallest absolute Gasteiger partial charge is 0.251 e. The molecule has 3 rings (SSSR count). The Balaban J connectivity index is 1.66. The summed E-state index contributed by atoms with van der Waals surface area (Å²) >= 11 is 1.63. The summed E-state index contributed by atoms with van der Waals surface area (Å²) in [5, 5.41) is 5.03. The normalized spacial score (nSPS) is 10.5. The first-order valence-electron chi connectivity index (χ1n) is 6.68. The maximum absolute atomic E-state index is 12.2. The van der Waals surface area contributed by atoms with Gasteiger partial charge < -0.3 is 9.73 Å². The molecular formula is C17H15NO2S. The number of carbonyl (C=O) groups is 1. The van der Waals surface area contributed by atoms with Crippen LogP contribution >= 0.6 is 11.3 Å². The lowest BCUT2D eigenvalue weighted by atomic mass is 10.1. The Morgan fingerprint density at radius 1 is 1.24 bits per heavy atom. The van der Waals surface area contributed by atoms with E-state index in [0.29, 0.717) is 6.54 Å². The minimum atomic E-state index is -0.0358. The molecule has 4 heteroatoms. The number of carbonyl (C=O) groups excluding carboxylic acids is 1. The molecule has 1 N–H and O–H groups in total. The fourth-order valence-electron chi connectivity index (χ4n) is 2.14. The third-order valence-electron chi connectivity index (χ3n) is 3.32. The molecule has 106 valence electrons. The number of nitrogens with one attached hydrogen (secondary N) is 1. The fourth-order valence-corrected chi connectivity index (χ4v) is 2.98. The molecule has 0 radical (unpaired) electrons. The first-order chi connectivity index (χ1) is 10.2. The lowest BCUT2D eigenvalue weighted by Gasteiger charge is -2.06. The van der Waals surface area contributed by atoms with Gasteiger partial charge in [-0.3, -0.25) is 4.79 Å². The van der Waals surface area contributed by atoms with Crippen molar-refractivity contribution in [1.29, 1.82) is 0 Å². The second-order valence-corrected chi connectivity index (χ2v) is 5.81. The summed E-state index contributed by atoms with van der Waals surface area (Å²) in [7, 11) is 0. The SMILES string of the molecule is Cc1ccccc1C(=O)NCc1cc(-c2ccoc2)cs1. The number of amides is 1. The first-order valence-corrected chi connectivity index (χ1v) is 7.56. The zero-order chi connectivity index (χ0) is 14.7. The zero-order valence-electron chi connectivity index (χ0n) is 11.6. The van der Waals surface area contributed by atoms with Gasteiger partial charge in [-0.2, -0.15) is 0 Å². The van der Waals surface area contributed by atoms with Crippen molar-refractivity contribution in [2.24, 2.45) is 0 Å². The van der Waals surface area contributed by atoms with Crippen LogP contribution in [0.15, 0.2) is 58.7 Å². The number of furan rings is 1. The summed E-state index contributed by atoms with van der Waals surface area (Å²) in [5.74, 6) is -0.0358. The van der Waals surface area contributed by atoms with E-state index >= 15 is 0 Å². The first kappa shape index (κ1) is 13.6. The highest BCUT2D eigenvalue weighted by atomic mass is 32.1. The van der Waals surface area contributed by atoms with Gasteiger partial charge in [-0.1, -0.05) is 18.2 Å². The van der Waals surface area contributed by atoms with E-state index in [2.05, 4.69) is 16.8 Å². The van der Waals surface area contributed by atoms with Gasteiger partial charge in [0.2, 0.25) is 0 Å². The second-order valence-electron chi connectivity index (χ2n) is 4.81. The molecule has 0 saturated heterocycles. The lowest BCUT2D eigenvalue weighted by molar-refractivity contribution is 0.0950. The van der Waals surface area contributed by atoms with Crippen LogP contribution in [-0.4, -0.2) is 5.91 Å². The van der Waals surface area contributed by atoms with Gasteiger partial charge in [0.25, 0.3) is 5.91 Å². The summed E-state index contributed by atoms with van der Waals surface area (Å²) < 4.78 is 5.08. The van der Waals surface area contributed by atoms with Crippen molar-refractivity contribution in [3.63, 3.8) is 0 Å². The van der Waals surface area contributed by atoms with Gasteiger partial charge in [0.05, 0.1) is 19.1 Å². The van der Waals surface area contributed by atoms with Gasteiger partial charge in [0, 0.05) is 16.0 Å². The standard InChI is InChI=1S/C17H15NO2S/c1-12-4-2-3-5-16(12)17(19)18-9-15-8-14(11-21-15)13-6-7-20-10-13/h2-8,10-11H,9H2,1H3,(H,18,19). The summed E-state index contributed by atoms with van der Waals surface area (Å²) in [6, 6.07) is 11.6. The number of aryl methyl sites for hydroxylation is 1. The van der Waals surface area contributed by atoms with Crippen LogP contribution < -0.4 is 5.32 Å². The molecule has 0 aliphatic carbocycles. The van der Waals surface area contributed by atoms with Crippen molar-refractivity contribution in [1.82, 2.24) is 5.32 Å². The quantitative estimate of drug-likeness (QED) is 0.782. The topological polar surface area (TPSA) is 42.2 Å². The van der Waals surface area contributed by atoms with E-state index in [1.807, 2.05) is 37.3 Å².